The van der Waals surface area contributed by atoms with E-state index in [1.54, 1.807) is 0 Å². The Kier molecular flexibility index (Phi) is 4.72. The molecule has 0 saturated heterocycles. The topological polar surface area (TPSA) is 41.1 Å². The van der Waals surface area contributed by atoms with E-state index in [9.17, 15) is 4.79 Å². The number of carbonyl (C=O) groups excluding carboxylic acids is 1. The first-order chi connectivity index (χ1) is 6.88. The van der Waals surface area contributed by atoms with Crippen molar-refractivity contribution in [2.75, 3.05) is 25.0 Å². The van der Waals surface area contributed by atoms with Crippen molar-refractivity contribution in [3.05, 3.63) is 29.8 Å². The van der Waals surface area contributed by atoms with E-state index >= 15 is 0 Å². The predicted molar refractivity (Wildman–Crippen MR) is 58.9 cm³/mol. The first-order valence-electron chi connectivity index (χ1n) is 4.87. The van der Waals surface area contributed by atoms with Gasteiger partial charge in [-0.1, -0.05) is 19.1 Å². The quantitative estimate of drug-likeness (QED) is 0.530. The molecule has 0 radical (unpaired) electrons. The summed E-state index contributed by atoms with van der Waals surface area (Å²) >= 11 is 0. The number of benzene rings is 1. The molecule has 0 saturated carbocycles. The highest BCUT2D eigenvalue weighted by molar-refractivity contribution is 5.83. The Morgan fingerprint density at radius 3 is 2.79 bits per heavy atom. The number of likely N-dealkylation sites (N-methyl/N-ethyl adjacent to an activating group) is 1. The van der Waals surface area contributed by atoms with Crippen molar-refractivity contribution in [2.45, 2.75) is 6.92 Å². The van der Waals surface area contributed by atoms with E-state index in [1.807, 2.05) is 24.3 Å². The van der Waals surface area contributed by atoms with E-state index in [0.29, 0.717) is 5.56 Å². The molecule has 0 heterocycles. The van der Waals surface area contributed by atoms with Crippen molar-refractivity contribution < 1.29 is 4.79 Å². The highest BCUT2D eigenvalue weighted by Gasteiger charge is 1.97. The highest BCUT2D eigenvalue weighted by Crippen LogP contribution is 2.11. The van der Waals surface area contributed by atoms with Crippen LogP contribution in [-0.2, 0) is 0 Å². The molecule has 0 aliphatic carbocycles. The zero-order valence-corrected chi connectivity index (χ0v) is 8.42. The van der Waals surface area contributed by atoms with Crippen LogP contribution in [0.15, 0.2) is 24.3 Å². The van der Waals surface area contributed by atoms with Crippen molar-refractivity contribution in [3.8, 4) is 0 Å². The van der Waals surface area contributed by atoms with Gasteiger partial charge in [0.25, 0.3) is 0 Å². The van der Waals surface area contributed by atoms with Gasteiger partial charge in [-0.2, -0.15) is 0 Å². The second-order valence-corrected chi connectivity index (χ2v) is 2.99. The fraction of sp³-hybridized carbons (Fsp3) is 0.364. The molecule has 0 aliphatic heterocycles. The minimum Gasteiger partial charge on any atom is -0.383 e. The average Bonchev–Trinajstić information content (AvgIpc) is 2.25. The molecule has 0 aromatic heterocycles. The van der Waals surface area contributed by atoms with Gasteiger partial charge in [-0.25, -0.2) is 0 Å². The zero-order chi connectivity index (χ0) is 10.2. The number of hydrogen-bond donors (Lipinski definition) is 2. The van der Waals surface area contributed by atoms with E-state index in [-0.39, 0.29) is 0 Å². The Labute approximate surface area is 84.5 Å². The monoisotopic (exact) mass is 192 g/mol. The van der Waals surface area contributed by atoms with Gasteiger partial charge in [-0.05, 0) is 18.7 Å². The normalized spacial score (nSPS) is 9.79. The molecule has 0 unspecified atom stereocenters. The Morgan fingerprint density at radius 2 is 2.07 bits per heavy atom. The molecule has 0 bridgehead atoms. The number of carbonyl (C=O) groups is 1. The summed E-state index contributed by atoms with van der Waals surface area (Å²) in [4.78, 5) is 10.7. The third-order valence-corrected chi connectivity index (χ3v) is 1.95. The van der Waals surface area contributed by atoms with Crippen LogP contribution in [0.5, 0.6) is 0 Å². The van der Waals surface area contributed by atoms with Crippen LogP contribution in [0.1, 0.15) is 17.3 Å². The molecule has 0 amide bonds. The first-order valence-corrected chi connectivity index (χ1v) is 4.87. The summed E-state index contributed by atoms with van der Waals surface area (Å²) in [5, 5.41) is 6.41. The maximum Gasteiger partial charge on any atom is 0.152 e. The number of hydrogen-bond acceptors (Lipinski definition) is 3. The average molecular weight is 192 g/mol. The molecule has 1 aromatic carbocycles. The molecule has 76 valence electrons. The van der Waals surface area contributed by atoms with Gasteiger partial charge in [0.2, 0.25) is 0 Å². The van der Waals surface area contributed by atoms with Gasteiger partial charge in [-0.15, -0.1) is 0 Å². The molecule has 2 N–H and O–H groups in total. The Hall–Kier alpha value is -1.35. The maximum atomic E-state index is 10.7. The largest absolute Gasteiger partial charge is 0.383 e. The van der Waals surface area contributed by atoms with Crippen LogP contribution < -0.4 is 10.6 Å². The molecule has 0 spiro atoms. The van der Waals surface area contributed by atoms with Gasteiger partial charge in [-0.3, -0.25) is 4.79 Å². The van der Waals surface area contributed by atoms with E-state index in [4.69, 9.17) is 0 Å². The van der Waals surface area contributed by atoms with Crippen LogP contribution in [0.2, 0.25) is 0 Å². The summed E-state index contributed by atoms with van der Waals surface area (Å²) in [6.45, 7) is 4.78. The summed E-state index contributed by atoms with van der Waals surface area (Å²) in [6.07, 6.45) is 0.871. The summed E-state index contributed by atoms with van der Waals surface area (Å²) < 4.78 is 0. The fourth-order valence-electron chi connectivity index (χ4n) is 1.22. The summed E-state index contributed by atoms with van der Waals surface area (Å²) in [7, 11) is 0. The van der Waals surface area contributed by atoms with E-state index in [0.717, 1.165) is 31.6 Å². The van der Waals surface area contributed by atoms with Crippen molar-refractivity contribution in [1.29, 1.82) is 0 Å². The fourth-order valence-corrected chi connectivity index (χ4v) is 1.22. The van der Waals surface area contributed by atoms with E-state index in [1.165, 1.54) is 0 Å². The standard InChI is InChI=1S/C11H16N2O/c1-2-12-7-8-13-11-6-4-3-5-10(11)9-14/h3-6,9,12-13H,2,7-8H2,1H3. The molecule has 1 aromatic rings. The molecular weight excluding hydrogens is 176 g/mol. The molecular formula is C11H16N2O. The lowest BCUT2D eigenvalue weighted by atomic mass is 10.2. The van der Waals surface area contributed by atoms with Crippen LogP contribution in [0, 0.1) is 0 Å². The lowest BCUT2D eigenvalue weighted by Gasteiger charge is -2.08. The third-order valence-electron chi connectivity index (χ3n) is 1.95. The molecule has 0 atom stereocenters. The highest BCUT2D eigenvalue weighted by atomic mass is 16.1. The van der Waals surface area contributed by atoms with Crippen molar-refractivity contribution in [3.63, 3.8) is 0 Å². The predicted octanol–water partition coefficient (Wildman–Crippen LogP) is 1.52. The molecule has 0 fully saturated rings. The smallest absolute Gasteiger partial charge is 0.152 e. The minimum atomic E-state index is 0.712. The summed E-state index contributed by atoms with van der Waals surface area (Å²) in [5.41, 5.74) is 1.62. The molecule has 3 nitrogen and oxygen atoms in total. The van der Waals surface area contributed by atoms with E-state index in [2.05, 4.69) is 17.6 Å². The SMILES string of the molecule is CCNCCNc1ccccc1C=O. The van der Waals surface area contributed by atoms with E-state index < -0.39 is 0 Å². The number of para-hydroxylation sites is 1. The maximum absolute atomic E-state index is 10.7. The summed E-state index contributed by atoms with van der Waals surface area (Å²) in [6, 6.07) is 7.50. The van der Waals surface area contributed by atoms with Crippen LogP contribution in [0.3, 0.4) is 0 Å². The number of rotatable bonds is 6. The Morgan fingerprint density at radius 1 is 1.29 bits per heavy atom. The second kappa shape index (κ2) is 6.16. The summed E-state index contributed by atoms with van der Waals surface area (Å²) in [5.74, 6) is 0. The number of aldehydes is 1. The van der Waals surface area contributed by atoms with Gasteiger partial charge < -0.3 is 10.6 Å². The molecule has 0 aliphatic rings. The number of anilines is 1. The van der Waals surface area contributed by atoms with Gasteiger partial charge in [0, 0.05) is 24.3 Å². The van der Waals surface area contributed by atoms with Gasteiger partial charge in [0.05, 0.1) is 0 Å². The van der Waals surface area contributed by atoms with Crippen molar-refractivity contribution in [1.82, 2.24) is 5.32 Å². The molecule has 14 heavy (non-hydrogen) atoms. The number of nitrogens with one attached hydrogen (secondary N) is 2. The van der Waals surface area contributed by atoms with Gasteiger partial charge >= 0.3 is 0 Å². The molecule has 1 rings (SSSR count). The zero-order valence-electron chi connectivity index (χ0n) is 8.42. The Balaban J connectivity index is 2.45. The van der Waals surface area contributed by atoms with Crippen LogP contribution in [0.4, 0.5) is 5.69 Å². The van der Waals surface area contributed by atoms with Gasteiger partial charge in [0.1, 0.15) is 0 Å². The third kappa shape index (κ3) is 3.18. The lowest BCUT2D eigenvalue weighted by Crippen LogP contribution is -2.21. The lowest BCUT2D eigenvalue weighted by molar-refractivity contribution is 0.112. The van der Waals surface area contributed by atoms with Crippen LogP contribution in [-0.4, -0.2) is 25.9 Å². The minimum absolute atomic E-state index is 0.712. The second-order valence-electron chi connectivity index (χ2n) is 2.99. The van der Waals surface area contributed by atoms with Crippen LogP contribution in [0.25, 0.3) is 0 Å². The molecule has 3 heteroatoms. The first kappa shape index (κ1) is 10.7. The van der Waals surface area contributed by atoms with Crippen LogP contribution >= 0.6 is 0 Å². The van der Waals surface area contributed by atoms with Gasteiger partial charge in [0.15, 0.2) is 6.29 Å². The van der Waals surface area contributed by atoms with Crippen molar-refractivity contribution >= 4 is 12.0 Å². The van der Waals surface area contributed by atoms with Crippen molar-refractivity contribution in [2.24, 2.45) is 0 Å². The Bertz CT molecular complexity index is 286.